The predicted octanol–water partition coefficient (Wildman–Crippen LogP) is 2.78. The van der Waals surface area contributed by atoms with E-state index in [1.807, 2.05) is 25.1 Å². The van der Waals surface area contributed by atoms with E-state index in [1.165, 1.54) is 19.3 Å². The fourth-order valence-electron chi connectivity index (χ4n) is 3.21. The van der Waals surface area contributed by atoms with Gasteiger partial charge in [-0.05, 0) is 31.9 Å². The van der Waals surface area contributed by atoms with Crippen LogP contribution in [0.4, 0.5) is 5.69 Å². The number of aliphatic imine (C=N–C) groups is 1. The molecule has 7 heteroatoms. The lowest BCUT2D eigenvalue weighted by Crippen LogP contribution is -2.40. The molecule has 1 aromatic rings. The number of ether oxygens (including phenoxy) is 2. The minimum absolute atomic E-state index is 0.177. The molecule has 0 aromatic heterocycles. The maximum Gasteiger partial charge on any atom is 0.223 e. The van der Waals surface area contributed by atoms with Crippen LogP contribution in [0.2, 0.25) is 0 Å². The first-order chi connectivity index (χ1) is 13.2. The number of benzene rings is 1. The van der Waals surface area contributed by atoms with E-state index in [2.05, 4.69) is 20.9 Å². The number of carbonyl (C=O) groups is 1. The maximum absolute atomic E-state index is 12.2. The molecule has 0 saturated heterocycles. The third-order valence-corrected chi connectivity index (χ3v) is 4.64. The van der Waals surface area contributed by atoms with E-state index in [-0.39, 0.29) is 11.8 Å². The van der Waals surface area contributed by atoms with E-state index in [9.17, 15) is 4.79 Å². The molecule has 7 nitrogen and oxygen atoms in total. The molecule has 1 aliphatic rings. The Morgan fingerprint density at radius 1 is 1.15 bits per heavy atom. The van der Waals surface area contributed by atoms with Gasteiger partial charge in [0, 0.05) is 37.8 Å². The predicted molar refractivity (Wildman–Crippen MR) is 109 cm³/mol. The minimum atomic E-state index is 0.177. The van der Waals surface area contributed by atoms with Gasteiger partial charge in [0.05, 0.1) is 13.7 Å². The number of nitrogens with zero attached hydrogens (tertiary/aromatic N) is 1. The molecule has 1 amide bonds. The highest BCUT2D eigenvalue weighted by Gasteiger charge is 2.20. The van der Waals surface area contributed by atoms with Gasteiger partial charge < -0.3 is 25.4 Å². The lowest BCUT2D eigenvalue weighted by molar-refractivity contribution is -0.125. The summed E-state index contributed by atoms with van der Waals surface area (Å²) < 4.78 is 10.9. The molecule has 0 atom stereocenters. The zero-order valence-electron chi connectivity index (χ0n) is 16.6. The number of amides is 1. The second-order valence-electron chi connectivity index (χ2n) is 6.55. The molecule has 1 fully saturated rings. The van der Waals surface area contributed by atoms with Crippen molar-refractivity contribution in [2.24, 2.45) is 10.9 Å². The first-order valence-electron chi connectivity index (χ1n) is 9.74. The van der Waals surface area contributed by atoms with Crippen LogP contribution in [-0.4, -0.2) is 45.7 Å². The van der Waals surface area contributed by atoms with E-state index in [0.29, 0.717) is 37.2 Å². The Kier molecular flexibility index (Phi) is 8.74. The highest BCUT2D eigenvalue weighted by Crippen LogP contribution is 2.30. The molecular formula is C20H32N4O3. The normalized spacial score (nSPS) is 15.1. The van der Waals surface area contributed by atoms with Crippen molar-refractivity contribution in [1.82, 2.24) is 10.6 Å². The second kappa shape index (κ2) is 11.3. The molecule has 0 radical (unpaired) electrons. The maximum atomic E-state index is 12.2. The molecule has 1 saturated carbocycles. The number of hydrogen-bond donors (Lipinski definition) is 3. The van der Waals surface area contributed by atoms with Crippen molar-refractivity contribution in [3.63, 3.8) is 0 Å². The number of carbonyl (C=O) groups excluding carboxylic acids is 1. The lowest BCUT2D eigenvalue weighted by atomic mass is 9.89. The Morgan fingerprint density at radius 2 is 1.89 bits per heavy atom. The van der Waals surface area contributed by atoms with Crippen LogP contribution in [0.5, 0.6) is 11.5 Å². The van der Waals surface area contributed by atoms with Crippen molar-refractivity contribution in [3.8, 4) is 11.5 Å². The summed E-state index contributed by atoms with van der Waals surface area (Å²) in [5, 5.41) is 9.45. The Hall–Kier alpha value is -2.44. The van der Waals surface area contributed by atoms with Crippen molar-refractivity contribution < 1.29 is 14.3 Å². The van der Waals surface area contributed by atoms with E-state index >= 15 is 0 Å². The fraction of sp³-hybridized carbons (Fsp3) is 0.600. The first kappa shape index (κ1) is 20.9. The van der Waals surface area contributed by atoms with Gasteiger partial charge in [-0.15, -0.1) is 0 Å². The summed E-state index contributed by atoms with van der Waals surface area (Å²) in [4.78, 5) is 16.4. The molecule has 3 N–H and O–H groups in total. The SMILES string of the molecule is CCOc1cc(NC(=NC)NCCNC(=O)C2CCCCC2)ccc1OC. The lowest BCUT2D eigenvalue weighted by Gasteiger charge is -2.21. The van der Waals surface area contributed by atoms with Gasteiger partial charge >= 0.3 is 0 Å². The van der Waals surface area contributed by atoms with Gasteiger partial charge in [0.1, 0.15) is 0 Å². The third kappa shape index (κ3) is 6.66. The molecule has 1 aliphatic carbocycles. The standard InChI is InChI=1S/C20H32N4O3/c1-4-27-18-14-16(10-11-17(18)26-3)24-20(21-2)23-13-12-22-19(25)15-8-6-5-7-9-15/h10-11,14-15H,4-9,12-13H2,1-3H3,(H,22,25)(H2,21,23,24). The van der Waals surface area contributed by atoms with Crippen LogP contribution < -0.4 is 25.4 Å². The highest BCUT2D eigenvalue weighted by atomic mass is 16.5. The van der Waals surface area contributed by atoms with Crippen LogP contribution in [0, 0.1) is 5.92 Å². The number of guanidine groups is 1. The minimum Gasteiger partial charge on any atom is -0.493 e. The Bertz CT molecular complexity index is 628. The molecule has 2 rings (SSSR count). The summed E-state index contributed by atoms with van der Waals surface area (Å²) in [6.45, 7) is 3.67. The molecule has 0 heterocycles. The van der Waals surface area contributed by atoms with Crippen LogP contribution in [-0.2, 0) is 4.79 Å². The van der Waals surface area contributed by atoms with E-state index in [1.54, 1.807) is 14.2 Å². The zero-order chi connectivity index (χ0) is 19.5. The van der Waals surface area contributed by atoms with Crippen LogP contribution >= 0.6 is 0 Å². The number of hydrogen-bond acceptors (Lipinski definition) is 4. The summed E-state index contributed by atoms with van der Waals surface area (Å²) >= 11 is 0. The molecule has 0 spiro atoms. The van der Waals surface area contributed by atoms with Crippen molar-refractivity contribution >= 4 is 17.6 Å². The van der Waals surface area contributed by atoms with Crippen molar-refractivity contribution in [2.75, 3.05) is 39.2 Å². The number of nitrogens with one attached hydrogen (secondary N) is 3. The summed E-state index contributed by atoms with van der Waals surface area (Å²) in [5.74, 6) is 2.37. The van der Waals surface area contributed by atoms with E-state index < -0.39 is 0 Å². The Labute approximate surface area is 161 Å². The largest absolute Gasteiger partial charge is 0.493 e. The van der Waals surface area contributed by atoms with Gasteiger partial charge in [-0.1, -0.05) is 19.3 Å². The number of rotatable bonds is 8. The smallest absolute Gasteiger partial charge is 0.223 e. The van der Waals surface area contributed by atoms with Crippen LogP contribution in [0.15, 0.2) is 23.2 Å². The van der Waals surface area contributed by atoms with Gasteiger partial charge in [-0.25, -0.2) is 0 Å². The molecular weight excluding hydrogens is 344 g/mol. The van der Waals surface area contributed by atoms with Crippen molar-refractivity contribution in [1.29, 1.82) is 0 Å². The Balaban J connectivity index is 1.78. The van der Waals surface area contributed by atoms with Crippen LogP contribution in [0.3, 0.4) is 0 Å². The van der Waals surface area contributed by atoms with Crippen molar-refractivity contribution in [3.05, 3.63) is 18.2 Å². The second-order valence-corrected chi connectivity index (χ2v) is 6.55. The zero-order valence-corrected chi connectivity index (χ0v) is 16.6. The average molecular weight is 377 g/mol. The highest BCUT2D eigenvalue weighted by molar-refractivity contribution is 5.93. The molecule has 0 bridgehead atoms. The Morgan fingerprint density at radius 3 is 2.56 bits per heavy atom. The number of methoxy groups -OCH3 is 1. The van der Waals surface area contributed by atoms with Gasteiger partial charge in [-0.2, -0.15) is 0 Å². The molecule has 27 heavy (non-hydrogen) atoms. The van der Waals surface area contributed by atoms with Gasteiger partial charge in [0.15, 0.2) is 17.5 Å². The van der Waals surface area contributed by atoms with Crippen molar-refractivity contribution in [2.45, 2.75) is 39.0 Å². The quantitative estimate of drug-likeness (QED) is 0.369. The van der Waals surface area contributed by atoms with E-state index in [0.717, 1.165) is 18.5 Å². The monoisotopic (exact) mass is 376 g/mol. The number of anilines is 1. The summed E-state index contributed by atoms with van der Waals surface area (Å²) in [6.07, 6.45) is 5.62. The van der Waals surface area contributed by atoms with Gasteiger partial charge in [0.25, 0.3) is 0 Å². The average Bonchev–Trinajstić information content (AvgIpc) is 2.71. The first-order valence-corrected chi connectivity index (χ1v) is 9.74. The van der Waals surface area contributed by atoms with E-state index in [4.69, 9.17) is 9.47 Å². The van der Waals surface area contributed by atoms with Crippen LogP contribution in [0.25, 0.3) is 0 Å². The summed E-state index contributed by atoms with van der Waals surface area (Å²) in [5.41, 5.74) is 0.846. The van der Waals surface area contributed by atoms with Crippen LogP contribution in [0.1, 0.15) is 39.0 Å². The molecule has 0 aliphatic heterocycles. The molecule has 0 unspecified atom stereocenters. The molecule has 1 aromatic carbocycles. The van der Waals surface area contributed by atoms with Gasteiger partial charge in [-0.3, -0.25) is 9.79 Å². The summed E-state index contributed by atoms with van der Waals surface area (Å²) in [6, 6.07) is 5.63. The fourth-order valence-corrected chi connectivity index (χ4v) is 3.21. The molecule has 150 valence electrons. The topological polar surface area (TPSA) is 84.0 Å². The van der Waals surface area contributed by atoms with Gasteiger partial charge in [0.2, 0.25) is 5.91 Å². The summed E-state index contributed by atoms with van der Waals surface area (Å²) in [7, 11) is 3.33. The third-order valence-electron chi connectivity index (χ3n) is 4.64.